The molecule has 4 aliphatic carbocycles. The van der Waals surface area contributed by atoms with Crippen LogP contribution in [0.5, 0.6) is 0 Å². The molecule has 4 aliphatic rings. The lowest BCUT2D eigenvalue weighted by Crippen LogP contribution is -2.64. The van der Waals surface area contributed by atoms with Crippen LogP contribution in [0, 0.1) is 52.3 Å². The van der Waals surface area contributed by atoms with Gasteiger partial charge in [0.1, 0.15) is 6.17 Å². The molecule has 3 nitrogen and oxygen atoms in total. The summed E-state index contributed by atoms with van der Waals surface area (Å²) in [6, 6.07) is 0. The van der Waals surface area contributed by atoms with E-state index in [0.29, 0.717) is 30.1 Å². The van der Waals surface area contributed by atoms with Gasteiger partial charge in [-0.3, -0.25) is 4.79 Å². The molecular formula is C30H51FO3Si. The zero-order chi connectivity index (χ0) is 25.9. The Labute approximate surface area is 214 Å². The van der Waals surface area contributed by atoms with E-state index in [4.69, 9.17) is 4.74 Å². The highest BCUT2D eigenvalue weighted by Crippen LogP contribution is 2.69. The van der Waals surface area contributed by atoms with Gasteiger partial charge in [0.2, 0.25) is 0 Å². The zero-order valence-electron chi connectivity index (χ0n) is 23.6. The number of esters is 1. The molecule has 1 N–H and O–H groups in total. The topological polar surface area (TPSA) is 46.5 Å². The third-order valence-electron chi connectivity index (χ3n) is 11.7. The molecule has 0 aromatic carbocycles. The molecule has 200 valence electrons. The predicted molar refractivity (Wildman–Crippen MR) is 143 cm³/mol. The summed E-state index contributed by atoms with van der Waals surface area (Å²) in [5.74, 6) is 2.07. The van der Waals surface area contributed by atoms with Gasteiger partial charge in [0.05, 0.1) is 21.3 Å². The smallest absolute Gasteiger partial charge is 0.305 e. The van der Waals surface area contributed by atoms with Gasteiger partial charge in [-0.05, 0) is 84.9 Å². The Morgan fingerprint density at radius 1 is 1.20 bits per heavy atom. The average molecular weight is 507 g/mol. The molecule has 3 saturated carbocycles. The molecule has 0 spiro atoms. The number of aliphatic hydroxyl groups excluding tert-OH is 1. The first-order valence-electron chi connectivity index (χ1n) is 14.4. The fraction of sp³-hybridized carbons (Fsp3) is 0.900. The normalized spacial score (nSPS) is 46.2. The number of hydrogen-bond acceptors (Lipinski definition) is 3. The molecule has 0 saturated heterocycles. The van der Waals surface area contributed by atoms with Crippen molar-refractivity contribution in [1.29, 1.82) is 0 Å². The number of rotatable bonds is 6. The third-order valence-corrected chi connectivity index (χ3v) is 14.0. The second-order valence-corrected chi connectivity index (χ2v) is 19.3. The second-order valence-electron chi connectivity index (χ2n) is 14.2. The number of ether oxygens (including phenoxy) is 1. The van der Waals surface area contributed by atoms with Crippen LogP contribution in [0.3, 0.4) is 0 Å². The Morgan fingerprint density at radius 3 is 2.46 bits per heavy atom. The predicted octanol–water partition coefficient (Wildman–Crippen LogP) is 7.20. The van der Waals surface area contributed by atoms with Crippen molar-refractivity contribution in [3.63, 3.8) is 0 Å². The molecule has 35 heavy (non-hydrogen) atoms. The van der Waals surface area contributed by atoms with E-state index in [1.807, 2.05) is 0 Å². The lowest BCUT2D eigenvalue weighted by atomic mass is 9.42. The fourth-order valence-electron chi connectivity index (χ4n) is 9.99. The molecule has 0 radical (unpaired) electrons. The molecule has 0 heterocycles. The van der Waals surface area contributed by atoms with E-state index in [9.17, 15) is 9.90 Å². The van der Waals surface area contributed by atoms with Gasteiger partial charge in [0, 0.05) is 12.3 Å². The number of halogens is 1. The number of fused-ring (bicyclic) bond motifs is 5. The largest absolute Gasteiger partial charge is 0.469 e. The van der Waals surface area contributed by atoms with Crippen molar-refractivity contribution >= 4 is 14.0 Å². The van der Waals surface area contributed by atoms with Gasteiger partial charge in [-0.15, -0.1) is 0 Å². The van der Waals surface area contributed by atoms with Crippen LogP contribution in [0.4, 0.5) is 4.39 Å². The molecular weight excluding hydrogens is 455 g/mol. The summed E-state index contributed by atoms with van der Waals surface area (Å²) < 4.78 is 21.3. The number of aliphatic hydroxyl groups is 1. The first-order chi connectivity index (χ1) is 16.3. The van der Waals surface area contributed by atoms with E-state index in [1.165, 1.54) is 20.0 Å². The van der Waals surface area contributed by atoms with Crippen LogP contribution in [0.1, 0.15) is 79.1 Å². The van der Waals surface area contributed by atoms with Gasteiger partial charge in [-0.25, -0.2) is 4.39 Å². The van der Waals surface area contributed by atoms with Crippen LogP contribution >= 0.6 is 0 Å². The maximum absolute atomic E-state index is 16.4. The van der Waals surface area contributed by atoms with Crippen molar-refractivity contribution in [2.45, 2.75) is 111 Å². The molecule has 3 fully saturated rings. The van der Waals surface area contributed by atoms with E-state index in [1.54, 1.807) is 0 Å². The Morgan fingerprint density at radius 2 is 1.86 bits per heavy atom. The molecule has 0 bridgehead atoms. The zero-order valence-corrected chi connectivity index (χ0v) is 24.6. The molecule has 0 aromatic rings. The van der Waals surface area contributed by atoms with Crippen molar-refractivity contribution in [2.24, 2.45) is 52.3 Å². The molecule has 4 rings (SSSR count). The van der Waals surface area contributed by atoms with Crippen molar-refractivity contribution < 1.29 is 19.0 Å². The molecule has 0 aromatic heterocycles. The van der Waals surface area contributed by atoms with E-state index in [-0.39, 0.29) is 34.6 Å². The van der Waals surface area contributed by atoms with Crippen molar-refractivity contribution in [1.82, 2.24) is 0 Å². The van der Waals surface area contributed by atoms with Crippen LogP contribution in [0.25, 0.3) is 0 Å². The highest BCUT2D eigenvalue weighted by atomic mass is 28.3. The van der Waals surface area contributed by atoms with Crippen LogP contribution in [0.15, 0.2) is 11.3 Å². The molecule has 5 heteroatoms. The summed E-state index contributed by atoms with van der Waals surface area (Å²) >= 11 is 0. The summed E-state index contributed by atoms with van der Waals surface area (Å²) in [4.78, 5) is 11.8. The third kappa shape index (κ3) is 4.29. The summed E-state index contributed by atoms with van der Waals surface area (Å²) in [7, 11) is -0.268. The first-order valence-corrected chi connectivity index (χ1v) is 17.9. The Bertz CT molecular complexity index is 836. The maximum Gasteiger partial charge on any atom is 0.305 e. The average Bonchev–Trinajstić information content (AvgIpc) is 3.14. The van der Waals surface area contributed by atoms with Gasteiger partial charge in [-0.2, -0.15) is 0 Å². The number of carbonyl (C=O) groups is 1. The lowest BCUT2D eigenvalue weighted by molar-refractivity contribution is -0.195. The van der Waals surface area contributed by atoms with E-state index < -0.39 is 20.3 Å². The van der Waals surface area contributed by atoms with Gasteiger partial charge < -0.3 is 9.84 Å². The number of methoxy groups -OCH3 is 1. The SMILES string of the molecule is CC[C@H]1[C@@H](O)[C@@H]2[C@H](CC[C@]3(C)[C@@H]([C@H](C)CCC(=O)OC)CC[C@@H]23)[C@@]2(C)CC=C([Si](C)(C)C)[C@H](F)[C@@H]12. The molecule has 0 aliphatic heterocycles. The van der Waals surface area contributed by atoms with Gasteiger partial charge in [-0.1, -0.05) is 65.0 Å². The number of hydrogen-bond donors (Lipinski definition) is 1. The molecule has 11 atom stereocenters. The first kappa shape index (κ1) is 27.4. The highest BCUT2D eigenvalue weighted by molar-refractivity contribution is 6.83. The summed E-state index contributed by atoms with van der Waals surface area (Å²) in [6.07, 6.45) is 8.80. The molecule has 0 unspecified atom stereocenters. The van der Waals surface area contributed by atoms with Gasteiger partial charge in [0.15, 0.2) is 0 Å². The van der Waals surface area contributed by atoms with E-state index in [0.717, 1.165) is 37.3 Å². The Kier molecular flexibility index (Phi) is 7.47. The van der Waals surface area contributed by atoms with Crippen molar-refractivity contribution in [2.75, 3.05) is 7.11 Å². The minimum absolute atomic E-state index is 0.0365. The summed E-state index contributed by atoms with van der Waals surface area (Å²) in [5.41, 5.74) is 0.130. The van der Waals surface area contributed by atoms with Gasteiger partial charge >= 0.3 is 5.97 Å². The van der Waals surface area contributed by atoms with Crippen LogP contribution in [-0.4, -0.2) is 38.5 Å². The van der Waals surface area contributed by atoms with E-state index >= 15 is 4.39 Å². The standard InChI is InChI=1S/C30H51FO3Si/c1-9-19-26-27(31)23(35(6,7)8)15-17-30(26,4)22-14-16-29(3)20(18(2)10-13-24(32)34-5)11-12-21(29)25(22)28(19)33/h15,18-22,25-28,33H,9-14,16-17H2,1-8H3/t18-,19-,20-,21+,22+,25+,26-,27+,28-,29-,30-/m1/s1. The quantitative estimate of drug-likeness (QED) is 0.306. The second kappa shape index (κ2) is 9.56. The van der Waals surface area contributed by atoms with Crippen molar-refractivity contribution in [3.05, 3.63) is 11.3 Å². The number of alkyl halides is 1. The van der Waals surface area contributed by atoms with Crippen LogP contribution in [-0.2, 0) is 9.53 Å². The number of carbonyl (C=O) groups excluding carboxylic acids is 1. The minimum Gasteiger partial charge on any atom is -0.469 e. The Hall–Kier alpha value is -0.683. The summed E-state index contributed by atoms with van der Waals surface area (Å²) in [6.45, 7) is 16.1. The van der Waals surface area contributed by atoms with Crippen LogP contribution in [0.2, 0.25) is 19.6 Å². The highest BCUT2D eigenvalue weighted by Gasteiger charge is 2.66. The lowest BCUT2D eigenvalue weighted by Gasteiger charge is -2.64. The monoisotopic (exact) mass is 506 g/mol. The Balaban J connectivity index is 1.64. The van der Waals surface area contributed by atoms with E-state index in [2.05, 4.69) is 53.4 Å². The minimum atomic E-state index is -1.74. The number of allylic oxidation sites excluding steroid dienone is 2. The van der Waals surface area contributed by atoms with Crippen LogP contribution < -0.4 is 0 Å². The van der Waals surface area contributed by atoms with Crippen molar-refractivity contribution in [3.8, 4) is 0 Å². The summed E-state index contributed by atoms with van der Waals surface area (Å²) in [5, 5.41) is 13.1. The maximum atomic E-state index is 16.4. The fourth-order valence-corrected chi connectivity index (χ4v) is 11.7. The molecule has 0 amide bonds. The van der Waals surface area contributed by atoms with Gasteiger partial charge in [0.25, 0.3) is 0 Å².